The van der Waals surface area contributed by atoms with Crippen molar-refractivity contribution in [2.24, 2.45) is 10.8 Å². The van der Waals surface area contributed by atoms with Crippen LogP contribution < -0.4 is 0 Å². The van der Waals surface area contributed by atoms with Crippen molar-refractivity contribution in [1.29, 1.82) is 0 Å². The molecule has 6 nitrogen and oxygen atoms in total. The van der Waals surface area contributed by atoms with Gasteiger partial charge in [-0.2, -0.15) is 0 Å². The van der Waals surface area contributed by atoms with Gasteiger partial charge in [-0.3, -0.25) is 0 Å². The Morgan fingerprint density at radius 1 is 0.347 bits per heavy atom. The zero-order chi connectivity index (χ0) is 44.1. The lowest BCUT2D eigenvalue weighted by atomic mass is 9.84. The highest BCUT2D eigenvalue weighted by Crippen LogP contribution is 2.28. The van der Waals surface area contributed by atoms with Crippen molar-refractivity contribution in [3.63, 3.8) is 0 Å². The van der Waals surface area contributed by atoms with E-state index in [-0.39, 0.29) is 141 Å². The maximum absolute atomic E-state index is 2.39. The number of quaternary nitrogens is 3. The summed E-state index contributed by atoms with van der Waals surface area (Å²) in [6.07, 6.45) is 10.1. The minimum atomic E-state index is 0. The lowest BCUT2D eigenvalue weighted by Crippen LogP contribution is -2.54. The molecule has 0 amide bonds. The molecule has 0 aliphatic rings. The molecule has 0 aliphatic heterocycles. The Hall–Kier alpha value is -0.240. The van der Waals surface area contributed by atoms with Gasteiger partial charge >= 0.3 is 0 Å². The van der Waals surface area contributed by atoms with Crippen LogP contribution in [0.2, 0.25) is 0 Å². The summed E-state index contributed by atoms with van der Waals surface area (Å²) in [5, 5.41) is 0. The summed E-state index contributed by atoms with van der Waals surface area (Å²) in [6.45, 7) is 43.6. The van der Waals surface area contributed by atoms with Gasteiger partial charge in [0.2, 0.25) is 0 Å². The molecule has 0 spiro atoms. The molecule has 0 saturated heterocycles. The highest BCUT2D eigenvalue weighted by atomic mass is 15.3. The van der Waals surface area contributed by atoms with E-state index in [1.54, 1.807) is 0 Å². The highest BCUT2D eigenvalue weighted by molar-refractivity contribution is 4.78. The Morgan fingerprint density at radius 3 is 0.611 bits per heavy atom. The second kappa shape index (κ2) is 82.1. The molecule has 482 valence electrons. The molecule has 0 rings (SSSR count). The summed E-state index contributed by atoms with van der Waals surface area (Å²) in [6, 6.07) is 0. The van der Waals surface area contributed by atoms with Crippen molar-refractivity contribution >= 4 is 0 Å². The Bertz CT molecular complexity index is 752. The van der Waals surface area contributed by atoms with E-state index in [1.807, 2.05) is 0 Å². The van der Waals surface area contributed by atoms with Gasteiger partial charge < -0.3 is 50.4 Å². The van der Waals surface area contributed by atoms with Crippen LogP contribution in [-0.2, 0) is 0 Å². The van der Waals surface area contributed by atoms with Crippen LogP contribution in [0.5, 0.6) is 0 Å². The van der Waals surface area contributed by atoms with E-state index >= 15 is 0 Å². The summed E-state index contributed by atoms with van der Waals surface area (Å²) in [5.74, 6) is 0. The summed E-state index contributed by atoms with van der Waals surface area (Å²) in [4.78, 5) is 6.82. The van der Waals surface area contributed by atoms with Crippen LogP contribution in [-0.4, -0.2) is 170 Å². The largest absolute Gasteiger partial charge is 0.358 e. The Morgan fingerprint density at radius 2 is 0.583 bits per heavy atom. The van der Waals surface area contributed by atoms with Crippen molar-refractivity contribution in [1.82, 2.24) is 14.7 Å². The van der Waals surface area contributed by atoms with Gasteiger partial charge in [0.05, 0.1) is 81.6 Å². The number of hydrogen-bond donors (Lipinski definition) is 0. The predicted molar refractivity (Wildman–Crippen MR) is 377 cm³/mol. The summed E-state index contributed by atoms with van der Waals surface area (Å²) in [5.41, 5.74) is 1.95. The van der Waals surface area contributed by atoms with Gasteiger partial charge in [0.1, 0.15) is 0 Å². The lowest BCUT2D eigenvalue weighted by Gasteiger charge is -2.43. The molecular weight excluding hydrogens is 877 g/mol. The van der Waals surface area contributed by atoms with E-state index in [9.17, 15) is 0 Å². The van der Waals surface area contributed by atoms with Crippen LogP contribution >= 0.6 is 0 Å². The van der Waals surface area contributed by atoms with Crippen molar-refractivity contribution in [2.45, 2.75) is 292 Å². The van der Waals surface area contributed by atoms with Gasteiger partial charge in [-0.05, 0) is 133 Å². The molecule has 0 aliphatic carbocycles. The highest BCUT2D eigenvalue weighted by Gasteiger charge is 2.33. The third kappa shape index (κ3) is 92.4. The van der Waals surface area contributed by atoms with Crippen LogP contribution in [0.1, 0.15) is 281 Å². The SMILES string of the molecule is C.C.C.C.C.C.C.C.C.C.C.C.C.C.C.C.CCC(C)(CC)CN(C)C.CCC(C)(CC)C[N+](C)(C)C.CCC(C)(CC)N(C)C.CCC(C)(CC)[N+](C)(C)C.CCN(C)CC.CC[N+](C)(C)CC.[CH3-].[CH3-].[CH3-]. The van der Waals surface area contributed by atoms with E-state index in [2.05, 4.69) is 217 Å². The second-order valence-electron chi connectivity index (χ2n) is 20.1. The Kier molecular flexibility index (Phi) is 187. The van der Waals surface area contributed by atoms with Gasteiger partial charge in [-0.1, -0.05) is 202 Å². The van der Waals surface area contributed by atoms with E-state index in [0.29, 0.717) is 21.9 Å². The lowest BCUT2D eigenvalue weighted by molar-refractivity contribution is -0.922. The minimum absolute atomic E-state index is 0. The summed E-state index contributed by atoms with van der Waals surface area (Å²) in [7, 11) is 28.8. The molecule has 72 heavy (non-hydrogen) atoms. The first-order chi connectivity index (χ1) is 23.7. The van der Waals surface area contributed by atoms with E-state index in [1.165, 1.54) is 77.5 Å². The third-order valence-electron chi connectivity index (χ3n) is 13.5. The molecule has 0 saturated carbocycles. The molecule has 0 unspecified atom stereocenters. The molecule has 0 atom stereocenters. The molecule has 6 heteroatoms. The maximum Gasteiger partial charge on any atom is 0.0952 e. The normalized spacial score (nSPS) is 9.33. The molecule has 0 aromatic heterocycles. The standard InChI is InChI=1S/C10H24N.C9H22N.C9H21N.C8H19N.C6H16N.C5H13N.16CH4.3CH3/c1-7-10(3,8-2)9-11(4,5)6;1-7-9(3,8-2)10(4,5)6;1-6-9(3,7-2)8-10(4)5;1-6-8(3,7-2)9(4)5;1-5-7(3,4)6-2;1-4-6(3)5-2;;;;;;;;;;;;;;;;;;;/h7-9H2,1-6H3;7-8H2,1-6H3;6-8H2,1-5H3;6-7H2,1-5H3;5-6H2,1-4H3;4-5H2,1-3H3;16*1H4;3*1H3/q2*+1;;;+1;;;;;;;;;;;;;;;;;;3*-1. The maximum atomic E-state index is 2.39. The van der Waals surface area contributed by atoms with Crippen molar-refractivity contribution in [3.8, 4) is 0 Å². The predicted octanol–water partition coefficient (Wildman–Crippen LogP) is 22.9. The van der Waals surface area contributed by atoms with Gasteiger partial charge in [-0.15, -0.1) is 0 Å². The second-order valence-corrected chi connectivity index (χ2v) is 20.1. The zero-order valence-electron chi connectivity index (χ0n) is 46.6. The van der Waals surface area contributed by atoms with Crippen LogP contribution in [0.4, 0.5) is 0 Å². The summed E-state index contributed by atoms with van der Waals surface area (Å²) < 4.78 is 3.29. The number of rotatable bonds is 18. The first kappa shape index (κ1) is 164. The van der Waals surface area contributed by atoms with E-state index < -0.39 is 0 Å². The van der Waals surface area contributed by atoms with Gasteiger partial charge in [0.15, 0.2) is 0 Å². The smallest absolute Gasteiger partial charge is 0.0952 e. The van der Waals surface area contributed by atoms with Crippen molar-refractivity contribution < 1.29 is 13.4 Å². The third-order valence-corrected chi connectivity index (χ3v) is 13.5. The average molecular weight is 1070 g/mol. The molecular formula is C66H188N6. The first-order valence-electron chi connectivity index (χ1n) is 22.2. The van der Waals surface area contributed by atoms with Crippen molar-refractivity contribution in [2.75, 3.05) is 131 Å². The zero-order valence-corrected chi connectivity index (χ0v) is 46.6. The van der Waals surface area contributed by atoms with Crippen molar-refractivity contribution in [3.05, 3.63) is 22.3 Å². The molecule has 0 N–H and O–H groups in total. The molecule has 0 fully saturated rings. The van der Waals surface area contributed by atoms with Gasteiger partial charge in [-0.25, -0.2) is 0 Å². The van der Waals surface area contributed by atoms with Crippen LogP contribution in [0, 0.1) is 33.1 Å². The van der Waals surface area contributed by atoms with Crippen LogP contribution in [0.25, 0.3) is 0 Å². The Labute approximate surface area is 482 Å². The molecule has 0 heterocycles. The molecule has 0 aromatic rings. The molecule has 0 radical (unpaired) electrons. The average Bonchev–Trinajstić information content (AvgIpc) is 3.10. The fourth-order valence-corrected chi connectivity index (χ4v) is 5.38. The Balaban J connectivity index is -0.0000000153. The molecule has 0 bridgehead atoms. The fraction of sp³-hybridized carbons (Fsp3) is 0.955. The summed E-state index contributed by atoms with van der Waals surface area (Å²) >= 11 is 0. The fourth-order valence-electron chi connectivity index (χ4n) is 5.38. The van der Waals surface area contributed by atoms with Crippen LogP contribution in [0.3, 0.4) is 0 Å². The first-order valence-corrected chi connectivity index (χ1v) is 22.2. The van der Waals surface area contributed by atoms with Gasteiger partial charge in [0, 0.05) is 17.5 Å². The van der Waals surface area contributed by atoms with E-state index in [0.717, 1.165) is 26.5 Å². The molecule has 0 aromatic carbocycles. The van der Waals surface area contributed by atoms with E-state index in [4.69, 9.17) is 0 Å². The monoisotopic (exact) mass is 1070 g/mol. The minimum Gasteiger partial charge on any atom is -0.358 e. The topological polar surface area (TPSA) is 9.72 Å². The quantitative estimate of drug-likeness (QED) is 0.100. The van der Waals surface area contributed by atoms with Crippen LogP contribution in [0.15, 0.2) is 0 Å². The number of nitrogens with zero attached hydrogens (tertiary/aromatic N) is 6. The number of hydrogen-bond acceptors (Lipinski definition) is 3. The van der Waals surface area contributed by atoms with Gasteiger partial charge in [0.25, 0.3) is 0 Å².